The first-order valence-corrected chi connectivity index (χ1v) is 8.22. The molecule has 0 aliphatic carbocycles. The van der Waals surface area contributed by atoms with Gasteiger partial charge in [-0.2, -0.15) is 0 Å². The van der Waals surface area contributed by atoms with E-state index in [1.54, 1.807) is 13.3 Å². The van der Waals surface area contributed by atoms with Crippen LogP contribution in [-0.2, 0) is 0 Å². The molecule has 0 bridgehead atoms. The predicted octanol–water partition coefficient (Wildman–Crippen LogP) is 4.33. The number of nitrogens with zero attached hydrogens (tertiary/aromatic N) is 2. The highest BCUT2D eigenvalue weighted by Crippen LogP contribution is 2.31. The summed E-state index contributed by atoms with van der Waals surface area (Å²) in [6.45, 7) is 6.17. The van der Waals surface area contributed by atoms with Gasteiger partial charge in [0, 0.05) is 42.0 Å². The molecule has 0 aliphatic rings. The van der Waals surface area contributed by atoms with Gasteiger partial charge in [-0.15, -0.1) is 0 Å². The first-order valence-electron chi connectivity index (χ1n) is 8.22. The van der Waals surface area contributed by atoms with Crippen LogP contribution in [0.5, 0.6) is 5.75 Å². The summed E-state index contributed by atoms with van der Waals surface area (Å²) in [5.41, 5.74) is 2.17. The lowest BCUT2D eigenvalue weighted by molar-refractivity contribution is 0.0960. The van der Waals surface area contributed by atoms with Crippen molar-refractivity contribution in [3.05, 3.63) is 48.2 Å². The van der Waals surface area contributed by atoms with E-state index in [1.807, 2.05) is 49.0 Å². The van der Waals surface area contributed by atoms with Crippen molar-refractivity contribution in [2.75, 3.05) is 7.11 Å². The molecule has 0 radical (unpaired) electrons. The SMILES string of the molecule is COc1ccc2[nH]cc(C(C)CC(=O)c3nccn3C(C)C)c2c1. The Hall–Kier alpha value is -2.56. The van der Waals surface area contributed by atoms with Crippen LogP contribution in [0.1, 0.15) is 55.3 Å². The van der Waals surface area contributed by atoms with Crippen LogP contribution in [0, 0.1) is 0 Å². The average Bonchev–Trinajstić information content (AvgIpc) is 3.20. The van der Waals surface area contributed by atoms with Crippen molar-refractivity contribution < 1.29 is 9.53 Å². The fraction of sp³-hybridized carbons (Fsp3) is 0.368. The summed E-state index contributed by atoms with van der Waals surface area (Å²) in [5, 5.41) is 1.10. The lowest BCUT2D eigenvalue weighted by Crippen LogP contribution is -2.14. The second-order valence-electron chi connectivity index (χ2n) is 6.44. The third kappa shape index (κ3) is 2.94. The Balaban J connectivity index is 1.85. The molecule has 1 aromatic carbocycles. The van der Waals surface area contributed by atoms with Crippen LogP contribution in [0.4, 0.5) is 0 Å². The number of hydrogen-bond donors (Lipinski definition) is 1. The quantitative estimate of drug-likeness (QED) is 0.686. The van der Waals surface area contributed by atoms with Crippen molar-refractivity contribution in [1.29, 1.82) is 0 Å². The third-order valence-corrected chi connectivity index (χ3v) is 4.42. The smallest absolute Gasteiger partial charge is 0.198 e. The van der Waals surface area contributed by atoms with E-state index in [4.69, 9.17) is 4.74 Å². The van der Waals surface area contributed by atoms with Gasteiger partial charge in [0.1, 0.15) is 5.75 Å². The van der Waals surface area contributed by atoms with Crippen molar-refractivity contribution in [2.24, 2.45) is 0 Å². The predicted molar refractivity (Wildman–Crippen MR) is 94.8 cm³/mol. The molecule has 3 aromatic rings. The number of Topliss-reactive ketones (excluding diaryl/α,β-unsaturated/α-hetero) is 1. The van der Waals surface area contributed by atoms with Gasteiger partial charge in [-0.1, -0.05) is 6.92 Å². The molecule has 24 heavy (non-hydrogen) atoms. The topological polar surface area (TPSA) is 59.9 Å². The highest BCUT2D eigenvalue weighted by molar-refractivity contribution is 5.94. The number of ether oxygens (including phenoxy) is 1. The van der Waals surface area contributed by atoms with Gasteiger partial charge in [0.15, 0.2) is 11.6 Å². The van der Waals surface area contributed by atoms with E-state index in [-0.39, 0.29) is 17.7 Å². The normalized spacial score (nSPS) is 12.7. The molecule has 0 spiro atoms. The second-order valence-corrected chi connectivity index (χ2v) is 6.44. The minimum atomic E-state index is 0.0680. The number of nitrogens with one attached hydrogen (secondary N) is 1. The number of carbonyl (C=O) groups excluding carboxylic acids is 1. The zero-order valence-electron chi connectivity index (χ0n) is 14.5. The third-order valence-electron chi connectivity index (χ3n) is 4.42. The highest BCUT2D eigenvalue weighted by Gasteiger charge is 2.20. The van der Waals surface area contributed by atoms with E-state index in [0.29, 0.717) is 12.2 Å². The van der Waals surface area contributed by atoms with Gasteiger partial charge in [-0.05, 0) is 43.5 Å². The number of fused-ring (bicyclic) bond motifs is 1. The minimum absolute atomic E-state index is 0.0680. The number of rotatable bonds is 6. The van der Waals surface area contributed by atoms with Crippen LogP contribution in [0.15, 0.2) is 36.8 Å². The number of benzene rings is 1. The lowest BCUT2D eigenvalue weighted by atomic mass is 9.95. The van der Waals surface area contributed by atoms with E-state index in [0.717, 1.165) is 22.2 Å². The molecule has 5 nitrogen and oxygen atoms in total. The summed E-state index contributed by atoms with van der Waals surface area (Å²) in [7, 11) is 1.66. The maximum absolute atomic E-state index is 12.7. The standard InChI is InChI=1S/C19H23N3O2/c1-12(2)22-8-7-20-19(22)18(23)9-13(3)16-11-21-17-6-5-14(24-4)10-15(16)17/h5-8,10-13,21H,9H2,1-4H3. The molecule has 0 aliphatic heterocycles. The number of ketones is 1. The van der Waals surface area contributed by atoms with Crippen LogP contribution in [0.2, 0.25) is 0 Å². The maximum atomic E-state index is 12.7. The molecule has 1 N–H and O–H groups in total. The average molecular weight is 325 g/mol. The van der Waals surface area contributed by atoms with Crippen molar-refractivity contribution in [3.63, 3.8) is 0 Å². The van der Waals surface area contributed by atoms with E-state index in [2.05, 4.69) is 16.9 Å². The van der Waals surface area contributed by atoms with Gasteiger partial charge in [0.05, 0.1) is 7.11 Å². The Bertz CT molecular complexity index is 861. The Morgan fingerprint density at radius 3 is 2.83 bits per heavy atom. The number of H-pyrrole nitrogens is 1. The summed E-state index contributed by atoms with van der Waals surface area (Å²) in [6, 6.07) is 6.16. The van der Waals surface area contributed by atoms with E-state index in [1.165, 1.54) is 0 Å². The molecular formula is C19H23N3O2. The summed E-state index contributed by atoms with van der Waals surface area (Å²) in [4.78, 5) is 20.2. The first-order chi connectivity index (χ1) is 11.5. The Kier molecular flexibility index (Phi) is 4.42. The Morgan fingerprint density at radius 2 is 2.12 bits per heavy atom. The molecule has 0 saturated carbocycles. The van der Waals surface area contributed by atoms with Crippen molar-refractivity contribution in [3.8, 4) is 5.75 Å². The van der Waals surface area contributed by atoms with Gasteiger partial charge in [-0.3, -0.25) is 4.79 Å². The number of methoxy groups -OCH3 is 1. The van der Waals surface area contributed by atoms with Crippen LogP contribution in [-0.4, -0.2) is 27.4 Å². The molecule has 2 heterocycles. The number of aromatic nitrogens is 3. The fourth-order valence-corrected chi connectivity index (χ4v) is 3.08. The molecule has 126 valence electrons. The molecular weight excluding hydrogens is 302 g/mol. The number of carbonyl (C=O) groups is 1. The molecule has 1 atom stereocenters. The summed E-state index contributed by atoms with van der Waals surface area (Å²) < 4.78 is 7.24. The lowest BCUT2D eigenvalue weighted by Gasteiger charge is -2.13. The molecule has 0 amide bonds. The fourth-order valence-electron chi connectivity index (χ4n) is 3.08. The van der Waals surface area contributed by atoms with Gasteiger partial charge < -0.3 is 14.3 Å². The van der Waals surface area contributed by atoms with Crippen molar-refractivity contribution >= 4 is 16.7 Å². The van der Waals surface area contributed by atoms with E-state index >= 15 is 0 Å². The molecule has 5 heteroatoms. The van der Waals surface area contributed by atoms with Crippen molar-refractivity contribution in [2.45, 2.75) is 39.2 Å². The molecule has 2 aromatic heterocycles. The van der Waals surface area contributed by atoms with Gasteiger partial charge in [0.2, 0.25) is 0 Å². The van der Waals surface area contributed by atoms with Crippen LogP contribution in [0.3, 0.4) is 0 Å². The van der Waals surface area contributed by atoms with Gasteiger partial charge in [0.25, 0.3) is 0 Å². The van der Waals surface area contributed by atoms with Crippen LogP contribution in [0.25, 0.3) is 10.9 Å². The summed E-state index contributed by atoms with van der Waals surface area (Å²) >= 11 is 0. The van der Waals surface area contributed by atoms with Crippen molar-refractivity contribution in [1.82, 2.24) is 14.5 Å². The molecule has 3 rings (SSSR count). The van der Waals surface area contributed by atoms with Crippen LogP contribution < -0.4 is 4.74 Å². The van der Waals surface area contributed by atoms with E-state index in [9.17, 15) is 4.79 Å². The monoisotopic (exact) mass is 325 g/mol. The maximum Gasteiger partial charge on any atom is 0.198 e. The Morgan fingerprint density at radius 1 is 1.33 bits per heavy atom. The second kappa shape index (κ2) is 6.51. The molecule has 1 unspecified atom stereocenters. The van der Waals surface area contributed by atoms with Gasteiger partial charge >= 0.3 is 0 Å². The van der Waals surface area contributed by atoms with Gasteiger partial charge in [-0.25, -0.2) is 4.98 Å². The zero-order valence-corrected chi connectivity index (χ0v) is 14.5. The first kappa shape index (κ1) is 16.3. The van der Waals surface area contributed by atoms with Crippen LogP contribution >= 0.6 is 0 Å². The minimum Gasteiger partial charge on any atom is -0.497 e. The molecule has 0 fully saturated rings. The number of aromatic amines is 1. The Labute approximate surface area is 141 Å². The number of hydrogen-bond acceptors (Lipinski definition) is 3. The number of imidazole rings is 1. The highest BCUT2D eigenvalue weighted by atomic mass is 16.5. The summed E-state index contributed by atoms with van der Waals surface area (Å²) in [6.07, 6.45) is 5.96. The summed E-state index contributed by atoms with van der Waals surface area (Å²) in [5.74, 6) is 1.51. The molecule has 0 saturated heterocycles. The van der Waals surface area contributed by atoms with E-state index < -0.39 is 0 Å². The largest absolute Gasteiger partial charge is 0.497 e. The zero-order chi connectivity index (χ0) is 17.3.